The summed E-state index contributed by atoms with van der Waals surface area (Å²) in [4.78, 5) is 35.8. The number of nitrogens with zero attached hydrogens (tertiary/aromatic N) is 3. The van der Waals surface area contributed by atoms with Crippen molar-refractivity contribution in [2.75, 3.05) is 11.5 Å². The molecule has 0 aromatic heterocycles. The normalized spacial score (nSPS) is 14.2. The van der Waals surface area contributed by atoms with Gasteiger partial charge in [-0.25, -0.2) is 0 Å². The summed E-state index contributed by atoms with van der Waals surface area (Å²) in [5, 5.41) is 22.3. The molecule has 0 aliphatic carbocycles. The smallest absolute Gasteiger partial charge is 0.318 e. The molecule has 0 saturated carbocycles. The van der Waals surface area contributed by atoms with Gasteiger partial charge >= 0.3 is 5.69 Å². The van der Waals surface area contributed by atoms with Gasteiger partial charge < -0.3 is 9.47 Å². The molecule has 0 spiro atoms. The molecule has 4 rings (SSSR count). The number of hydrogen-bond donors (Lipinski definition) is 0. The maximum Gasteiger partial charge on any atom is 0.318 e. The minimum absolute atomic E-state index is 0.149. The van der Waals surface area contributed by atoms with Gasteiger partial charge in [0.2, 0.25) is 5.75 Å². The molecular weight excluding hydrogens is 506 g/mol. The number of anilines is 1. The molecule has 0 unspecified atom stereocenters. The molecule has 0 atom stereocenters. The second-order valence-corrected chi connectivity index (χ2v) is 8.96. The zero-order valence-corrected chi connectivity index (χ0v) is 20.3. The van der Waals surface area contributed by atoms with Crippen molar-refractivity contribution < 1.29 is 24.1 Å². The molecule has 36 heavy (non-hydrogen) atoms. The molecule has 0 radical (unpaired) electrons. The van der Waals surface area contributed by atoms with E-state index in [1.54, 1.807) is 54.6 Å². The van der Waals surface area contributed by atoms with Gasteiger partial charge in [-0.3, -0.25) is 29.9 Å². The third-order valence-corrected chi connectivity index (χ3v) is 6.24. The van der Waals surface area contributed by atoms with Crippen LogP contribution in [-0.4, -0.2) is 26.7 Å². The zero-order chi connectivity index (χ0) is 25.8. The third-order valence-electron chi connectivity index (χ3n) is 4.93. The summed E-state index contributed by atoms with van der Waals surface area (Å²) >= 11 is 6.57. The molecule has 3 aromatic rings. The molecule has 0 N–H and O–H groups in total. The van der Waals surface area contributed by atoms with Gasteiger partial charge in [-0.15, -0.1) is 0 Å². The third kappa shape index (κ3) is 5.34. The zero-order valence-electron chi connectivity index (χ0n) is 18.7. The molecule has 1 heterocycles. The van der Waals surface area contributed by atoms with Gasteiger partial charge in [-0.2, -0.15) is 0 Å². The fraction of sp³-hybridized carbons (Fsp3) is 0.0833. The lowest BCUT2D eigenvalue weighted by atomic mass is 10.2. The minimum Gasteiger partial charge on any atom is -0.494 e. The van der Waals surface area contributed by atoms with Gasteiger partial charge in [0.05, 0.1) is 33.1 Å². The fourth-order valence-corrected chi connectivity index (χ4v) is 4.64. The van der Waals surface area contributed by atoms with Crippen LogP contribution in [0.25, 0.3) is 6.08 Å². The molecule has 10 nitrogen and oxygen atoms in total. The highest BCUT2D eigenvalue weighted by Gasteiger charge is 2.33. The average molecular weight is 524 g/mol. The predicted molar refractivity (Wildman–Crippen MR) is 140 cm³/mol. The number of benzene rings is 3. The van der Waals surface area contributed by atoms with Crippen molar-refractivity contribution in [2.45, 2.75) is 6.92 Å². The van der Waals surface area contributed by atoms with E-state index in [0.717, 1.165) is 23.9 Å². The molecule has 1 fully saturated rings. The summed E-state index contributed by atoms with van der Waals surface area (Å²) in [6, 6.07) is 16.7. The van der Waals surface area contributed by atoms with E-state index in [4.69, 9.17) is 21.7 Å². The average Bonchev–Trinajstić information content (AvgIpc) is 3.12. The molecule has 3 aromatic carbocycles. The van der Waals surface area contributed by atoms with Crippen LogP contribution in [0.4, 0.5) is 17.1 Å². The first-order chi connectivity index (χ1) is 17.3. The number of nitro benzene ring substituents is 2. The molecule has 1 aliphatic rings. The first-order valence-electron chi connectivity index (χ1n) is 10.5. The number of thiocarbonyl (C=S) groups is 1. The highest BCUT2D eigenvalue weighted by atomic mass is 32.2. The molecular formula is C24H17N3O7S2. The lowest BCUT2D eigenvalue weighted by Gasteiger charge is -2.15. The van der Waals surface area contributed by atoms with Crippen molar-refractivity contribution in [1.82, 2.24) is 0 Å². The Kier molecular flexibility index (Phi) is 7.27. The van der Waals surface area contributed by atoms with Crippen molar-refractivity contribution in [2.24, 2.45) is 0 Å². The van der Waals surface area contributed by atoms with E-state index in [2.05, 4.69) is 0 Å². The van der Waals surface area contributed by atoms with Crippen LogP contribution in [0.5, 0.6) is 17.2 Å². The van der Waals surface area contributed by atoms with E-state index in [0.29, 0.717) is 32.8 Å². The Hall–Kier alpha value is -4.29. The first kappa shape index (κ1) is 24.8. The van der Waals surface area contributed by atoms with Crippen molar-refractivity contribution >= 4 is 57.3 Å². The van der Waals surface area contributed by atoms with E-state index >= 15 is 0 Å². The Labute approximate surface area is 214 Å². The van der Waals surface area contributed by atoms with Crippen molar-refractivity contribution in [3.8, 4) is 17.2 Å². The van der Waals surface area contributed by atoms with Crippen LogP contribution < -0.4 is 14.4 Å². The summed E-state index contributed by atoms with van der Waals surface area (Å²) < 4.78 is 11.5. The molecule has 1 aliphatic heterocycles. The van der Waals surface area contributed by atoms with Gasteiger partial charge in [0.15, 0.2) is 4.32 Å². The van der Waals surface area contributed by atoms with Crippen LogP contribution in [0.15, 0.2) is 71.6 Å². The number of non-ortho nitro benzene ring substituents is 1. The van der Waals surface area contributed by atoms with Crippen LogP contribution in [0, 0.1) is 20.2 Å². The lowest BCUT2D eigenvalue weighted by Crippen LogP contribution is -2.27. The van der Waals surface area contributed by atoms with Crippen molar-refractivity contribution in [3.05, 3.63) is 97.4 Å². The summed E-state index contributed by atoms with van der Waals surface area (Å²) in [6.07, 6.45) is 1.64. The number of carbonyl (C=O) groups is 1. The largest absolute Gasteiger partial charge is 0.494 e. The number of rotatable bonds is 8. The van der Waals surface area contributed by atoms with E-state index < -0.39 is 21.2 Å². The lowest BCUT2D eigenvalue weighted by molar-refractivity contribution is -0.394. The predicted octanol–water partition coefficient (Wildman–Crippen LogP) is 6.10. The monoisotopic (exact) mass is 523 g/mol. The second-order valence-electron chi connectivity index (χ2n) is 7.28. The van der Waals surface area contributed by atoms with Crippen molar-refractivity contribution in [1.29, 1.82) is 0 Å². The Bertz CT molecular complexity index is 1410. The Balaban J connectivity index is 1.56. The maximum absolute atomic E-state index is 13.1. The molecule has 1 saturated heterocycles. The van der Waals surface area contributed by atoms with Gasteiger partial charge in [0.25, 0.3) is 11.6 Å². The maximum atomic E-state index is 13.1. The molecule has 12 heteroatoms. The van der Waals surface area contributed by atoms with Gasteiger partial charge in [0, 0.05) is 6.07 Å². The summed E-state index contributed by atoms with van der Waals surface area (Å²) in [5.41, 5.74) is 0.263. The number of amides is 1. The summed E-state index contributed by atoms with van der Waals surface area (Å²) in [7, 11) is 0. The van der Waals surface area contributed by atoms with Gasteiger partial charge in [-0.1, -0.05) is 36.1 Å². The van der Waals surface area contributed by atoms with Crippen LogP contribution in [0.3, 0.4) is 0 Å². The fourth-order valence-electron chi connectivity index (χ4n) is 3.34. The molecule has 1 amide bonds. The molecule has 182 valence electrons. The number of ether oxygens (including phenoxy) is 2. The van der Waals surface area contributed by atoms with Gasteiger partial charge in [0.1, 0.15) is 11.5 Å². The minimum atomic E-state index is -0.752. The SMILES string of the molecule is CCOc1ccc(N2C(=O)/C(=C\c3cccc(Oc4ccc([N+](=O)[O-])cc4[N+](=O)[O-])c3)SC2=S)cc1. The van der Waals surface area contributed by atoms with Crippen LogP contribution in [0.1, 0.15) is 12.5 Å². The van der Waals surface area contributed by atoms with Gasteiger partial charge in [-0.05, 0) is 61.0 Å². The second kappa shape index (κ2) is 10.5. The Morgan fingerprint density at radius 2 is 1.75 bits per heavy atom. The van der Waals surface area contributed by atoms with E-state index in [1.165, 1.54) is 11.0 Å². The van der Waals surface area contributed by atoms with E-state index in [1.807, 2.05) is 6.92 Å². The number of carbonyl (C=O) groups excluding carboxylic acids is 1. The van der Waals surface area contributed by atoms with E-state index in [-0.39, 0.29) is 17.4 Å². The van der Waals surface area contributed by atoms with Crippen molar-refractivity contribution in [3.63, 3.8) is 0 Å². The van der Waals surface area contributed by atoms with E-state index in [9.17, 15) is 25.0 Å². The summed E-state index contributed by atoms with van der Waals surface area (Å²) in [5.74, 6) is 0.506. The Morgan fingerprint density at radius 3 is 2.42 bits per heavy atom. The quantitative estimate of drug-likeness (QED) is 0.149. The molecule has 0 bridgehead atoms. The van der Waals surface area contributed by atoms with Crippen LogP contribution in [0.2, 0.25) is 0 Å². The highest BCUT2D eigenvalue weighted by Crippen LogP contribution is 2.38. The number of hydrogen-bond acceptors (Lipinski definition) is 9. The standard InChI is InChI=1S/C24H17N3O7S2/c1-2-33-18-9-6-16(7-10-18)25-23(28)22(36-24(25)35)13-15-4-3-5-19(12-15)34-21-11-8-17(26(29)30)14-20(21)27(31)32/h3-14H,2H2,1H3/b22-13+. The highest BCUT2D eigenvalue weighted by molar-refractivity contribution is 8.27. The number of nitro groups is 2. The van der Waals surface area contributed by atoms with Crippen LogP contribution in [-0.2, 0) is 4.79 Å². The first-order valence-corrected chi connectivity index (χ1v) is 11.7. The van der Waals surface area contributed by atoms with Crippen LogP contribution >= 0.6 is 24.0 Å². The topological polar surface area (TPSA) is 125 Å². The summed E-state index contributed by atoms with van der Waals surface area (Å²) in [6.45, 7) is 2.41. The number of thioether (sulfide) groups is 1. The Morgan fingerprint density at radius 1 is 1.00 bits per heavy atom.